The Balaban J connectivity index is 2.32. The highest BCUT2D eigenvalue weighted by Crippen LogP contribution is 2.31. The first kappa shape index (κ1) is 13.4. The predicted molar refractivity (Wildman–Crippen MR) is 70.7 cm³/mol. The molecule has 0 spiro atoms. The second-order valence-electron chi connectivity index (χ2n) is 4.02. The van der Waals surface area contributed by atoms with Gasteiger partial charge in [0, 0.05) is 18.4 Å². The molecular formula is C13H17N3O3. The maximum atomic E-state index is 5.71. The number of rotatable bonds is 5. The van der Waals surface area contributed by atoms with E-state index in [-0.39, 0.29) is 6.10 Å². The number of hydrogen-bond donors (Lipinski definition) is 1. The molecule has 1 heterocycles. The monoisotopic (exact) mass is 263 g/mol. The van der Waals surface area contributed by atoms with E-state index in [1.807, 2.05) is 13.8 Å². The molecule has 6 nitrogen and oxygen atoms in total. The number of hydrogen-bond acceptors (Lipinski definition) is 6. The van der Waals surface area contributed by atoms with Crippen molar-refractivity contribution in [3.8, 4) is 17.2 Å². The summed E-state index contributed by atoms with van der Waals surface area (Å²) in [5.41, 5.74) is 7.03. The van der Waals surface area contributed by atoms with Crippen LogP contribution in [0.3, 0.4) is 0 Å². The molecule has 2 N–H and O–H groups in total. The predicted octanol–water partition coefficient (Wildman–Crippen LogP) is 2.42. The van der Waals surface area contributed by atoms with Crippen molar-refractivity contribution in [1.82, 2.24) is 10.1 Å². The van der Waals surface area contributed by atoms with Crippen LogP contribution in [0.4, 0.5) is 5.69 Å². The standard InChI is InChI=1S/C13H17N3O3/c1-4-18-8(2)12-15-13(19-16-12)10-6-5-9(14)7-11(10)17-3/h5-8H,4,14H2,1-3H3. The summed E-state index contributed by atoms with van der Waals surface area (Å²) in [4.78, 5) is 4.31. The van der Waals surface area contributed by atoms with Crippen LogP contribution in [-0.4, -0.2) is 23.9 Å². The summed E-state index contributed by atoms with van der Waals surface area (Å²) in [6.45, 7) is 4.38. The highest BCUT2D eigenvalue weighted by Gasteiger charge is 2.17. The smallest absolute Gasteiger partial charge is 0.261 e. The van der Waals surface area contributed by atoms with Gasteiger partial charge in [0.05, 0.1) is 12.7 Å². The third-order valence-electron chi connectivity index (χ3n) is 2.68. The van der Waals surface area contributed by atoms with Gasteiger partial charge in [0.1, 0.15) is 11.9 Å². The van der Waals surface area contributed by atoms with Crippen LogP contribution < -0.4 is 10.5 Å². The molecule has 0 bridgehead atoms. The Labute approximate surface area is 111 Å². The van der Waals surface area contributed by atoms with Crippen LogP contribution in [0.2, 0.25) is 0 Å². The molecule has 0 aliphatic heterocycles. The molecule has 1 unspecified atom stereocenters. The SMILES string of the molecule is CCOC(C)c1noc(-c2ccc(N)cc2OC)n1. The quantitative estimate of drug-likeness (QED) is 0.834. The Kier molecular flexibility index (Phi) is 4.01. The molecule has 102 valence electrons. The molecule has 1 aromatic heterocycles. The van der Waals surface area contributed by atoms with E-state index in [1.54, 1.807) is 25.3 Å². The molecule has 1 aromatic carbocycles. The van der Waals surface area contributed by atoms with Crippen molar-refractivity contribution in [2.45, 2.75) is 20.0 Å². The number of methoxy groups -OCH3 is 1. The molecular weight excluding hydrogens is 246 g/mol. The van der Waals surface area contributed by atoms with Crippen molar-refractivity contribution in [1.29, 1.82) is 0 Å². The van der Waals surface area contributed by atoms with Gasteiger partial charge in [0.2, 0.25) is 5.82 Å². The first-order valence-electron chi connectivity index (χ1n) is 6.04. The Bertz CT molecular complexity index is 554. The maximum absolute atomic E-state index is 5.71. The van der Waals surface area contributed by atoms with Crippen LogP contribution in [0, 0.1) is 0 Å². The zero-order valence-electron chi connectivity index (χ0n) is 11.2. The van der Waals surface area contributed by atoms with Crippen molar-refractivity contribution >= 4 is 5.69 Å². The van der Waals surface area contributed by atoms with Crippen LogP contribution in [0.15, 0.2) is 22.7 Å². The normalized spacial score (nSPS) is 12.4. The number of nitrogens with zero attached hydrogens (tertiary/aromatic N) is 2. The minimum absolute atomic E-state index is 0.206. The van der Waals surface area contributed by atoms with E-state index in [0.717, 1.165) is 0 Å². The zero-order chi connectivity index (χ0) is 13.8. The van der Waals surface area contributed by atoms with E-state index in [0.29, 0.717) is 35.3 Å². The van der Waals surface area contributed by atoms with Crippen LogP contribution in [0.25, 0.3) is 11.5 Å². The number of aromatic nitrogens is 2. The number of benzene rings is 1. The van der Waals surface area contributed by atoms with Gasteiger partial charge in [-0.15, -0.1) is 0 Å². The van der Waals surface area contributed by atoms with Crippen LogP contribution in [0.1, 0.15) is 25.8 Å². The fraction of sp³-hybridized carbons (Fsp3) is 0.385. The fourth-order valence-electron chi connectivity index (χ4n) is 1.72. The van der Waals surface area contributed by atoms with Crippen LogP contribution in [-0.2, 0) is 4.74 Å². The molecule has 6 heteroatoms. The molecule has 2 aromatic rings. The summed E-state index contributed by atoms with van der Waals surface area (Å²) >= 11 is 0. The van der Waals surface area contributed by atoms with E-state index in [4.69, 9.17) is 19.7 Å². The molecule has 0 aliphatic rings. The van der Waals surface area contributed by atoms with Crippen molar-refractivity contribution in [2.24, 2.45) is 0 Å². The number of ether oxygens (including phenoxy) is 2. The van der Waals surface area contributed by atoms with Gasteiger partial charge >= 0.3 is 0 Å². The number of anilines is 1. The molecule has 0 saturated heterocycles. The second-order valence-corrected chi connectivity index (χ2v) is 4.02. The summed E-state index contributed by atoms with van der Waals surface area (Å²) in [6, 6.07) is 5.26. The highest BCUT2D eigenvalue weighted by atomic mass is 16.5. The number of nitrogens with two attached hydrogens (primary N) is 1. The van der Waals surface area contributed by atoms with Gasteiger partial charge < -0.3 is 19.7 Å². The lowest BCUT2D eigenvalue weighted by Gasteiger charge is -2.06. The van der Waals surface area contributed by atoms with Crippen molar-refractivity contribution in [2.75, 3.05) is 19.5 Å². The molecule has 19 heavy (non-hydrogen) atoms. The summed E-state index contributed by atoms with van der Waals surface area (Å²) in [7, 11) is 1.57. The van der Waals surface area contributed by atoms with Gasteiger partial charge in [-0.2, -0.15) is 4.98 Å². The molecule has 2 rings (SSSR count). The molecule has 0 fully saturated rings. The highest BCUT2D eigenvalue weighted by molar-refractivity contribution is 5.66. The van der Waals surface area contributed by atoms with Gasteiger partial charge in [-0.1, -0.05) is 5.16 Å². The Morgan fingerprint density at radius 2 is 2.21 bits per heavy atom. The lowest BCUT2D eigenvalue weighted by Crippen LogP contribution is -2.01. The minimum atomic E-state index is -0.206. The van der Waals surface area contributed by atoms with Gasteiger partial charge in [-0.25, -0.2) is 0 Å². The lowest BCUT2D eigenvalue weighted by atomic mass is 10.2. The first-order valence-corrected chi connectivity index (χ1v) is 6.04. The zero-order valence-corrected chi connectivity index (χ0v) is 11.2. The lowest BCUT2D eigenvalue weighted by molar-refractivity contribution is 0.0683. The topological polar surface area (TPSA) is 83.4 Å². The summed E-state index contributed by atoms with van der Waals surface area (Å²) < 4.78 is 15.9. The Hall–Kier alpha value is -2.08. The first-order chi connectivity index (χ1) is 9.15. The van der Waals surface area contributed by atoms with E-state index in [9.17, 15) is 0 Å². The van der Waals surface area contributed by atoms with Crippen molar-refractivity contribution < 1.29 is 14.0 Å². The van der Waals surface area contributed by atoms with E-state index >= 15 is 0 Å². The van der Waals surface area contributed by atoms with Crippen molar-refractivity contribution in [3.63, 3.8) is 0 Å². The Morgan fingerprint density at radius 1 is 1.42 bits per heavy atom. The minimum Gasteiger partial charge on any atom is -0.496 e. The van der Waals surface area contributed by atoms with Crippen molar-refractivity contribution in [3.05, 3.63) is 24.0 Å². The van der Waals surface area contributed by atoms with Gasteiger partial charge in [0.25, 0.3) is 5.89 Å². The van der Waals surface area contributed by atoms with E-state index in [2.05, 4.69) is 10.1 Å². The largest absolute Gasteiger partial charge is 0.496 e. The molecule has 0 radical (unpaired) electrons. The van der Waals surface area contributed by atoms with Gasteiger partial charge in [0.15, 0.2) is 0 Å². The maximum Gasteiger partial charge on any atom is 0.261 e. The van der Waals surface area contributed by atoms with E-state index in [1.165, 1.54) is 0 Å². The second kappa shape index (κ2) is 5.71. The van der Waals surface area contributed by atoms with E-state index < -0.39 is 0 Å². The molecule has 0 amide bonds. The van der Waals surface area contributed by atoms with Crippen LogP contribution >= 0.6 is 0 Å². The summed E-state index contributed by atoms with van der Waals surface area (Å²) in [6.07, 6.45) is -0.206. The Morgan fingerprint density at radius 3 is 2.89 bits per heavy atom. The third kappa shape index (κ3) is 2.85. The average Bonchev–Trinajstić information content (AvgIpc) is 2.88. The number of nitrogen functional groups attached to an aromatic ring is 1. The molecule has 0 saturated carbocycles. The molecule has 1 atom stereocenters. The molecule has 0 aliphatic carbocycles. The van der Waals surface area contributed by atoms with Gasteiger partial charge in [-0.3, -0.25) is 0 Å². The fourth-order valence-corrected chi connectivity index (χ4v) is 1.72. The summed E-state index contributed by atoms with van der Waals surface area (Å²) in [5.74, 6) is 1.49. The van der Waals surface area contributed by atoms with Gasteiger partial charge in [-0.05, 0) is 26.0 Å². The third-order valence-corrected chi connectivity index (χ3v) is 2.68. The average molecular weight is 263 g/mol. The van der Waals surface area contributed by atoms with Crippen LogP contribution in [0.5, 0.6) is 5.75 Å². The summed E-state index contributed by atoms with van der Waals surface area (Å²) in [5, 5.41) is 3.91.